The largest absolute Gasteiger partial charge is 0.484 e. The number of hydrogen-bond acceptors (Lipinski definition) is 4. The van der Waals surface area contributed by atoms with Gasteiger partial charge in [-0.2, -0.15) is 0 Å². The van der Waals surface area contributed by atoms with Crippen molar-refractivity contribution < 1.29 is 23.5 Å². The van der Waals surface area contributed by atoms with E-state index in [1.54, 1.807) is 29.2 Å². The molecule has 29 heavy (non-hydrogen) atoms. The van der Waals surface area contributed by atoms with Crippen LogP contribution in [0, 0.1) is 11.7 Å². The second-order valence-corrected chi connectivity index (χ2v) is 6.87. The Bertz CT molecular complexity index is 901. The van der Waals surface area contributed by atoms with Crippen molar-refractivity contribution in [3.8, 4) is 5.75 Å². The second kappa shape index (κ2) is 9.18. The number of carbonyl (C=O) groups is 3. The normalized spacial score (nSPS) is 16.2. The first-order chi connectivity index (χ1) is 13.9. The smallest absolute Gasteiger partial charge is 0.255 e. The Morgan fingerprint density at radius 3 is 2.66 bits per heavy atom. The van der Waals surface area contributed by atoms with Crippen LogP contribution in [0.4, 0.5) is 10.1 Å². The number of anilines is 1. The molecule has 152 valence electrons. The average molecular weight is 399 g/mol. The van der Waals surface area contributed by atoms with Crippen LogP contribution >= 0.6 is 0 Å². The van der Waals surface area contributed by atoms with Crippen LogP contribution in [0.3, 0.4) is 0 Å². The van der Waals surface area contributed by atoms with E-state index in [0.29, 0.717) is 42.9 Å². The number of benzene rings is 2. The molecule has 1 fully saturated rings. The summed E-state index contributed by atoms with van der Waals surface area (Å²) >= 11 is 0. The number of piperidine rings is 1. The van der Waals surface area contributed by atoms with E-state index in [1.807, 2.05) is 0 Å². The first-order valence-electron chi connectivity index (χ1n) is 9.29. The zero-order valence-corrected chi connectivity index (χ0v) is 15.8. The van der Waals surface area contributed by atoms with Gasteiger partial charge in [0.25, 0.3) is 11.8 Å². The topological polar surface area (TPSA) is 102 Å². The van der Waals surface area contributed by atoms with Gasteiger partial charge in [-0.3, -0.25) is 14.4 Å². The third kappa shape index (κ3) is 5.54. The van der Waals surface area contributed by atoms with Gasteiger partial charge in [-0.05, 0) is 49.2 Å². The van der Waals surface area contributed by atoms with E-state index in [2.05, 4.69) is 5.32 Å². The van der Waals surface area contributed by atoms with Crippen molar-refractivity contribution >= 4 is 23.4 Å². The Morgan fingerprint density at radius 1 is 1.17 bits per heavy atom. The van der Waals surface area contributed by atoms with Gasteiger partial charge in [0.1, 0.15) is 11.6 Å². The molecule has 2 aromatic rings. The zero-order chi connectivity index (χ0) is 20.8. The van der Waals surface area contributed by atoms with Crippen LogP contribution in [0.5, 0.6) is 5.75 Å². The molecule has 1 aliphatic rings. The predicted molar refractivity (Wildman–Crippen MR) is 105 cm³/mol. The summed E-state index contributed by atoms with van der Waals surface area (Å²) < 4.78 is 18.3. The SMILES string of the molecule is NC(=O)COc1cccc(NC(=O)[C@H]2CCCN(C(=O)c3ccc(F)cc3)C2)c1. The third-order valence-corrected chi connectivity index (χ3v) is 4.65. The molecule has 1 atom stereocenters. The zero-order valence-electron chi connectivity index (χ0n) is 15.8. The molecule has 0 aromatic heterocycles. The minimum Gasteiger partial charge on any atom is -0.484 e. The van der Waals surface area contributed by atoms with Crippen LogP contribution in [0.25, 0.3) is 0 Å². The van der Waals surface area contributed by atoms with Crippen molar-refractivity contribution in [1.29, 1.82) is 0 Å². The van der Waals surface area contributed by atoms with Crippen molar-refractivity contribution in [3.63, 3.8) is 0 Å². The lowest BCUT2D eigenvalue weighted by molar-refractivity contribution is -0.121. The van der Waals surface area contributed by atoms with Gasteiger partial charge in [-0.1, -0.05) is 6.07 Å². The molecular formula is C21H22FN3O4. The van der Waals surface area contributed by atoms with Crippen LogP contribution in [0.2, 0.25) is 0 Å². The molecule has 1 saturated heterocycles. The summed E-state index contributed by atoms with van der Waals surface area (Å²) in [6, 6.07) is 12.0. The molecule has 0 saturated carbocycles. The highest BCUT2D eigenvalue weighted by atomic mass is 19.1. The van der Waals surface area contributed by atoms with E-state index in [4.69, 9.17) is 10.5 Å². The minimum absolute atomic E-state index is 0.200. The summed E-state index contributed by atoms with van der Waals surface area (Å²) in [5.74, 6) is -1.35. The first-order valence-corrected chi connectivity index (χ1v) is 9.29. The number of hydrogen-bond donors (Lipinski definition) is 2. The van der Waals surface area contributed by atoms with Gasteiger partial charge in [-0.25, -0.2) is 4.39 Å². The van der Waals surface area contributed by atoms with Crippen molar-refractivity contribution in [2.45, 2.75) is 12.8 Å². The molecule has 3 N–H and O–H groups in total. The van der Waals surface area contributed by atoms with Crippen LogP contribution in [-0.4, -0.2) is 42.3 Å². The van der Waals surface area contributed by atoms with Crippen LogP contribution in [0.1, 0.15) is 23.2 Å². The number of likely N-dealkylation sites (tertiary alicyclic amines) is 1. The Balaban J connectivity index is 1.61. The second-order valence-electron chi connectivity index (χ2n) is 6.87. The maximum Gasteiger partial charge on any atom is 0.255 e. The average Bonchev–Trinajstić information content (AvgIpc) is 2.72. The first kappa shape index (κ1) is 20.3. The van der Waals surface area contributed by atoms with Gasteiger partial charge in [0.15, 0.2) is 6.61 Å². The summed E-state index contributed by atoms with van der Waals surface area (Å²) in [7, 11) is 0. The third-order valence-electron chi connectivity index (χ3n) is 4.65. The van der Waals surface area contributed by atoms with E-state index < -0.39 is 11.7 Å². The lowest BCUT2D eigenvalue weighted by Gasteiger charge is -2.32. The molecule has 3 rings (SSSR count). The number of rotatable bonds is 6. The van der Waals surface area contributed by atoms with E-state index in [1.165, 1.54) is 24.3 Å². The highest BCUT2D eigenvalue weighted by Crippen LogP contribution is 2.22. The number of halogens is 1. The summed E-state index contributed by atoms with van der Waals surface area (Å²) in [5, 5.41) is 2.82. The summed E-state index contributed by atoms with van der Waals surface area (Å²) in [5.41, 5.74) is 5.98. The number of nitrogens with zero attached hydrogens (tertiary/aromatic N) is 1. The molecule has 1 aliphatic heterocycles. The predicted octanol–water partition coefficient (Wildman–Crippen LogP) is 2.18. The number of amides is 3. The quantitative estimate of drug-likeness (QED) is 0.777. The Morgan fingerprint density at radius 2 is 1.93 bits per heavy atom. The highest BCUT2D eigenvalue weighted by Gasteiger charge is 2.29. The monoisotopic (exact) mass is 399 g/mol. The Labute approximate surface area is 167 Å². The van der Waals surface area contributed by atoms with Gasteiger partial charge >= 0.3 is 0 Å². The lowest BCUT2D eigenvalue weighted by Crippen LogP contribution is -2.43. The number of primary amides is 1. The standard InChI is InChI=1S/C21H22FN3O4/c22-16-8-6-14(7-9-16)21(28)25-10-2-3-15(12-25)20(27)24-17-4-1-5-18(11-17)29-13-19(23)26/h1,4-9,11,15H,2-3,10,12-13H2,(H2,23,26)(H,24,27)/t15-/m0/s1. The van der Waals surface area contributed by atoms with E-state index in [9.17, 15) is 18.8 Å². The van der Waals surface area contributed by atoms with Gasteiger partial charge < -0.3 is 20.7 Å². The van der Waals surface area contributed by atoms with Crippen LogP contribution < -0.4 is 15.8 Å². The fourth-order valence-electron chi connectivity index (χ4n) is 3.21. The highest BCUT2D eigenvalue weighted by molar-refractivity contribution is 5.96. The molecular weight excluding hydrogens is 377 g/mol. The summed E-state index contributed by atoms with van der Waals surface area (Å²) in [4.78, 5) is 37.7. The summed E-state index contributed by atoms with van der Waals surface area (Å²) in [6.45, 7) is 0.594. The molecule has 0 radical (unpaired) electrons. The van der Waals surface area contributed by atoms with Crippen LogP contribution in [-0.2, 0) is 9.59 Å². The van der Waals surface area contributed by atoms with Crippen molar-refractivity contribution in [3.05, 3.63) is 59.9 Å². The Kier molecular flexibility index (Phi) is 6.43. The molecule has 3 amide bonds. The van der Waals surface area contributed by atoms with Crippen LogP contribution in [0.15, 0.2) is 48.5 Å². The number of nitrogens with two attached hydrogens (primary N) is 1. The molecule has 8 heteroatoms. The number of carbonyl (C=O) groups excluding carboxylic acids is 3. The Hall–Kier alpha value is -3.42. The van der Waals surface area contributed by atoms with Crippen molar-refractivity contribution in [2.75, 3.05) is 25.0 Å². The van der Waals surface area contributed by atoms with E-state index >= 15 is 0 Å². The summed E-state index contributed by atoms with van der Waals surface area (Å²) in [6.07, 6.45) is 1.36. The maximum atomic E-state index is 13.1. The molecule has 0 bridgehead atoms. The molecule has 0 spiro atoms. The molecule has 7 nitrogen and oxygen atoms in total. The molecule has 2 aromatic carbocycles. The fourth-order valence-corrected chi connectivity index (χ4v) is 3.21. The fraction of sp³-hybridized carbons (Fsp3) is 0.286. The van der Waals surface area contributed by atoms with Gasteiger partial charge in [0.05, 0.1) is 5.92 Å². The molecule has 1 heterocycles. The van der Waals surface area contributed by atoms with Gasteiger partial charge in [0.2, 0.25) is 5.91 Å². The molecule has 0 unspecified atom stereocenters. The lowest BCUT2D eigenvalue weighted by atomic mass is 9.96. The van der Waals surface area contributed by atoms with Gasteiger partial charge in [-0.15, -0.1) is 0 Å². The maximum absolute atomic E-state index is 13.1. The van der Waals surface area contributed by atoms with E-state index in [0.717, 1.165) is 0 Å². The minimum atomic E-state index is -0.590. The van der Waals surface area contributed by atoms with Crippen molar-refractivity contribution in [1.82, 2.24) is 4.90 Å². The van der Waals surface area contributed by atoms with Gasteiger partial charge in [0, 0.05) is 30.4 Å². The molecule has 0 aliphatic carbocycles. The number of ether oxygens (including phenoxy) is 1. The number of nitrogens with one attached hydrogen (secondary N) is 1. The van der Waals surface area contributed by atoms with E-state index in [-0.39, 0.29) is 24.3 Å². The van der Waals surface area contributed by atoms with Crippen molar-refractivity contribution in [2.24, 2.45) is 11.7 Å².